The Bertz CT molecular complexity index is 197. The van der Waals surface area contributed by atoms with Gasteiger partial charge in [-0.15, -0.1) is 0 Å². The topological polar surface area (TPSA) is 20.3 Å². The van der Waals surface area contributed by atoms with Gasteiger partial charge >= 0.3 is 0 Å². The second-order valence-corrected chi connectivity index (χ2v) is 4.25. The number of nitrogens with zero attached hydrogens (tertiary/aromatic N) is 1. The lowest BCUT2D eigenvalue weighted by atomic mass is 9.76. The predicted octanol–water partition coefficient (Wildman–Crippen LogP) is 0.905. The van der Waals surface area contributed by atoms with Crippen molar-refractivity contribution in [3.63, 3.8) is 0 Å². The number of hydrogen-bond acceptors (Lipinski definition) is 2. The van der Waals surface area contributed by atoms with Crippen LogP contribution in [0.4, 0.5) is 0 Å². The summed E-state index contributed by atoms with van der Waals surface area (Å²) >= 11 is 0. The van der Waals surface area contributed by atoms with Crippen molar-refractivity contribution in [1.82, 2.24) is 4.81 Å². The Morgan fingerprint density at radius 3 is 2.42 bits per heavy atom. The average molecular weight is 163 g/mol. The van der Waals surface area contributed by atoms with Crippen molar-refractivity contribution in [1.29, 1.82) is 0 Å². The highest BCUT2D eigenvalue weighted by Gasteiger charge is 2.39. The second kappa shape index (κ2) is 2.88. The molecule has 3 heteroatoms. The summed E-state index contributed by atoms with van der Waals surface area (Å²) in [4.78, 5) is 13.0. The van der Waals surface area contributed by atoms with Crippen molar-refractivity contribution in [2.24, 2.45) is 5.41 Å². The Morgan fingerprint density at radius 1 is 1.25 bits per heavy atom. The first-order valence-electron chi connectivity index (χ1n) is 4.72. The molecule has 0 unspecified atom stereocenters. The Morgan fingerprint density at radius 2 is 1.92 bits per heavy atom. The molecule has 1 aliphatic heterocycles. The zero-order valence-corrected chi connectivity index (χ0v) is 7.38. The van der Waals surface area contributed by atoms with Crippen molar-refractivity contribution in [3.05, 3.63) is 0 Å². The highest BCUT2D eigenvalue weighted by Crippen LogP contribution is 2.44. The summed E-state index contributed by atoms with van der Waals surface area (Å²) in [6, 6.07) is 0. The third kappa shape index (κ3) is 1.42. The second-order valence-electron chi connectivity index (χ2n) is 4.25. The normalized spacial score (nSPS) is 29.8. The van der Waals surface area contributed by atoms with Crippen LogP contribution in [0.5, 0.6) is 0 Å². The van der Waals surface area contributed by atoms with Crippen LogP contribution in [0.2, 0.25) is 0 Å². The number of carbonyl (C=O) groups excluding carboxylic acids is 1. The maximum atomic E-state index is 11.2. The molecule has 2 nitrogen and oxygen atoms in total. The number of ketones is 1. The van der Waals surface area contributed by atoms with Crippen LogP contribution in [0.25, 0.3) is 0 Å². The lowest BCUT2D eigenvalue weighted by molar-refractivity contribution is -0.118. The zero-order chi connectivity index (χ0) is 8.60. The summed E-state index contributed by atoms with van der Waals surface area (Å²) in [5.74, 6) is 0.459. The van der Waals surface area contributed by atoms with Crippen molar-refractivity contribution >= 4 is 13.8 Å². The molecule has 1 spiro atoms. The molecule has 12 heavy (non-hydrogen) atoms. The van der Waals surface area contributed by atoms with Gasteiger partial charge in [0.15, 0.2) is 7.98 Å². The molecule has 2 rings (SSSR count). The number of hydrogen-bond donors (Lipinski definition) is 0. The number of Topliss-reactive ketones (excluding diaryl/α,β-unsaturated/α-hetero) is 1. The number of rotatable bonds is 0. The highest BCUT2D eigenvalue weighted by atomic mass is 16.1. The van der Waals surface area contributed by atoms with Crippen LogP contribution < -0.4 is 0 Å². The van der Waals surface area contributed by atoms with Gasteiger partial charge in [0, 0.05) is 12.8 Å². The molecule has 0 atom stereocenters. The minimum Gasteiger partial charge on any atom is -0.353 e. The molecule has 1 aliphatic carbocycles. The van der Waals surface area contributed by atoms with E-state index in [1.807, 2.05) is 4.81 Å². The van der Waals surface area contributed by atoms with Gasteiger partial charge in [-0.1, -0.05) is 0 Å². The first-order chi connectivity index (χ1) is 5.70. The van der Waals surface area contributed by atoms with Crippen LogP contribution in [-0.4, -0.2) is 31.7 Å². The molecular weight excluding hydrogens is 149 g/mol. The van der Waals surface area contributed by atoms with E-state index < -0.39 is 0 Å². The van der Waals surface area contributed by atoms with Crippen LogP contribution in [0.1, 0.15) is 32.1 Å². The average Bonchev–Trinajstić information content (AvgIpc) is 2.40. The van der Waals surface area contributed by atoms with Crippen LogP contribution >= 0.6 is 0 Å². The summed E-state index contributed by atoms with van der Waals surface area (Å²) in [5.41, 5.74) is 0.354. The fraction of sp³-hybridized carbons (Fsp3) is 0.889. The maximum absolute atomic E-state index is 11.2. The van der Waals surface area contributed by atoms with E-state index in [9.17, 15) is 4.79 Å². The van der Waals surface area contributed by atoms with E-state index >= 15 is 0 Å². The lowest BCUT2D eigenvalue weighted by Gasteiger charge is -2.37. The van der Waals surface area contributed by atoms with Crippen LogP contribution in [-0.2, 0) is 4.79 Å². The summed E-state index contributed by atoms with van der Waals surface area (Å²) in [6.45, 7) is 1.93. The molecular formula is C9H14BNO. The molecule has 64 valence electrons. The molecule has 1 heterocycles. The van der Waals surface area contributed by atoms with Crippen molar-refractivity contribution in [2.45, 2.75) is 32.1 Å². The molecule has 2 aliphatic rings. The summed E-state index contributed by atoms with van der Waals surface area (Å²) in [7, 11) is 5.67. The molecule has 0 amide bonds. The highest BCUT2D eigenvalue weighted by molar-refractivity contribution is 6.04. The largest absolute Gasteiger partial charge is 0.353 e. The first kappa shape index (κ1) is 8.30. The SMILES string of the molecule is [B]N1CCC2(CCC(=O)C2)CC1. The van der Waals surface area contributed by atoms with Gasteiger partial charge in [0.25, 0.3) is 0 Å². The van der Waals surface area contributed by atoms with Crippen LogP contribution in [0, 0.1) is 5.41 Å². The van der Waals surface area contributed by atoms with Gasteiger partial charge < -0.3 is 4.81 Å². The smallest absolute Gasteiger partial charge is 0.182 e. The van der Waals surface area contributed by atoms with Gasteiger partial charge in [0.05, 0.1) is 0 Å². The lowest BCUT2D eigenvalue weighted by Crippen LogP contribution is -2.37. The first-order valence-corrected chi connectivity index (χ1v) is 4.72. The van der Waals surface area contributed by atoms with E-state index in [4.69, 9.17) is 7.98 Å². The molecule has 0 aromatic rings. The number of carbonyl (C=O) groups is 1. The quantitative estimate of drug-likeness (QED) is 0.494. The van der Waals surface area contributed by atoms with E-state index in [0.29, 0.717) is 11.2 Å². The third-order valence-corrected chi connectivity index (χ3v) is 3.37. The zero-order valence-electron chi connectivity index (χ0n) is 7.38. The summed E-state index contributed by atoms with van der Waals surface area (Å²) in [5, 5.41) is 0. The van der Waals surface area contributed by atoms with E-state index in [-0.39, 0.29) is 0 Å². The predicted molar refractivity (Wildman–Crippen MR) is 47.9 cm³/mol. The van der Waals surface area contributed by atoms with Crippen molar-refractivity contribution in [2.75, 3.05) is 13.1 Å². The monoisotopic (exact) mass is 163 g/mol. The van der Waals surface area contributed by atoms with Crippen LogP contribution in [0.15, 0.2) is 0 Å². The minimum atomic E-state index is 0.354. The van der Waals surface area contributed by atoms with Gasteiger partial charge in [-0.05, 0) is 37.8 Å². The Labute approximate surface area is 74.7 Å². The molecule has 2 fully saturated rings. The van der Waals surface area contributed by atoms with Gasteiger partial charge in [-0.3, -0.25) is 4.79 Å². The molecule has 1 saturated carbocycles. The molecule has 0 N–H and O–H groups in total. The van der Waals surface area contributed by atoms with E-state index in [0.717, 1.165) is 45.2 Å². The van der Waals surface area contributed by atoms with Crippen molar-refractivity contribution < 1.29 is 4.79 Å². The van der Waals surface area contributed by atoms with E-state index in [1.54, 1.807) is 0 Å². The van der Waals surface area contributed by atoms with Gasteiger partial charge in [0.1, 0.15) is 5.78 Å². The molecule has 1 saturated heterocycles. The summed E-state index contributed by atoms with van der Waals surface area (Å²) in [6.07, 6.45) is 4.98. The Hall–Kier alpha value is -0.305. The van der Waals surface area contributed by atoms with Gasteiger partial charge in [-0.25, -0.2) is 0 Å². The minimum absolute atomic E-state index is 0.354. The standard InChI is InChI=1S/C9H14BNO/c10-11-5-3-9(4-6-11)2-1-8(12)7-9/h1-7H2. The Kier molecular flexibility index (Phi) is 1.99. The van der Waals surface area contributed by atoms with Crippen LogP contribution in [0.3, 0.4) is 0 Å². The van der Waals surface area contributed by atoms with Crippen molar-refractivity contribution in [3.8, 4) is 0 Å². The Balaban J connectivity index is 1.99. The fourth-order valence-electron chi connectivity index (χ4n) is 2.42. The molecule has 2 radical (unpaired) electrons. The van der Waals surface area contributed by atoms with E-state index in [1.165, 1.54) is 0 Å². The molecule has 0 aromatic carbocycles. The van der Waals surface area contributed by atoms with Gasteiger partial charge in [0.2, 0.25) is 0 Å². The third-order valence-electron chi connectivity index (χ3n) is 3.37. The van der Waals surface area contributed by atoms with E-state index in [2.05, 4.69) is 0 Å². The molecule has 0 bridgehead atoms. The summed E-state index contributed by atoms with van der Waals surface area (Å²) < 4.78 is 0. The maximum Gasteiger partial charge on any atom is 0.182 e. The number of piperidine rings is 1. The van der Waals surface area contributed by atoms with Gasteiger partial charge in [-0.2, -0.15) is 0 Å². The molecule has 0 aromatic heterocycles. The fourth-order valence-corrected chi connectivity index (χ4v) is 2.42.